The molecule has 0 spiro atoms. The highest BCUT2D eigenvalue weighted by molar-refractivity contribution is 7.92. The Morgan fingerprint density at radius 2 is 1.71 bits per heavy atom. The van der Waals surface area contributed by atoms with Crippen molar-refractivity contribution in [2.24, 2.45) is 0 Å². The van der Waals surface area contributed by atoms with Crippen molar-refractivity contribution in [3.63, 3.8) is 0 Å². The maximum Gasteiger partial charge on any atom is 0.262 e. The Kier molecular flexibility index (Phi) is 8.88. The second-order valence-corrected chi connectivity index (χ2v) is 10.6. The molecule has 1 aliphatic heterocycles. The fraction of sp³-hybridized carbons (Fsp3) is 0.321. The zero-order valence-electron chi connectivity index (χ0n) is 21.8. The number of para-hydroxylation sites is 2. The number of anilines is 1. The van der Waals surface area contributed by atoms with Crippen molar-refractivity contribution >= 4 is 21.6 Å². The molecule has 2 N–H and O–H groups in total. The third kappa shape index (κ3) is 6.45. The molecule has 10 heteroatoms. The number of aryl methyl sites for hydroxylation is 1. The molecule has 9 nitrogen and oxygen atoms in total. The van der Waals surface area contributed by atoms with Crippen LogP contribution < -0.4 is 19.5 Å². The number of rotatable bonds is 10. The molecule has 1 amide bonds. The van der Waals surface area contributed by atoms with Crippen LogP contribution >= 0.6 is 0 Å². The third-order valence-corrected chi connectivity index (χ3v) is 8.04. The van der Waals surface area contributed by atoms with Gasteiger partial charge in [-0.2, -0.15) is 0 Å². The van der Waals surface area contributed by atoms with Gasteiger partial charge in [0.25, 0.3) is 15.9 Å². The molecule has 0 aliphatic carbocycles. The molecule has 1 atom stereocenters. The number of nitrogens with one attached hydrogen (secondary N) is 2. The van der Waals surface area contributed by atoms with Gasteiger partial charge < -0.3 is 19.5 Å². The van der Waals surface area contributed by atoms with Gasteiger partial charge in [0, 0.05) is 25.2 Å². The van der Waals surface area contributed by atoms with E-state index in [1.165, 1.54) is 13.2 Å². The molecule has 1 saturated heterocycles. The molecular weight excluding hydrogens is 506 g/mol. The van der Waals surface area contributed by atoms with Crippen LogP contribution in [0.4, 0.5) is 5.69 Å². The largest absolute Gasteiger partial charge is 0.497 e. The van der Waals surface area contributed by atoms with Gasteiger partial charge in [0.1, 0.15) is 11.5 Å². The molecule has 1 fully saturated rings. The summed E-state index contributed by atoms with van der Waals surface area (Å²) >= 11 is 0. The highest BCUT2D eigenvalue weighted by Crippen LogP contribution is 2.28. The van der Waals surface area contributed by atoms with E-state index in [9.17, 15) is 13.2 Å². The first kappa shape index (κ1) is 27.4. The zero-order valence-corrected chi connectivity index (χ0v) is 22.6. The van der Waals surface area contributed by atoms with E-state index in [0.29, 0.717) is 36.8 Å². The Bertz CT molecular complexity index is 1360. The smallest absolute Gasteiger partial charge is 0.262 e. The first-order valence-corrected chi connectivity index (χ1v) is 13.8. The van der Waals surface area contributed by atoms with Crippen LogP contribution in [0.5, 0.6) is 11.5 Å². The number of hydrogen-bond donors (Lipinski definition) is 2. The number of morpholine rings is 1. The molecule has 0 radical (unpaired) electrons. The number of amides is 1. The van der Waals surface area contributed by atoms with Crippen LogP contribution in [0.2, 0.25) is 0 Å². The number of carbonyl (C=O) groups is 1. The summed E-state index contributed by atoms with van der Waals surface area (Å²) in [6.07, 6.45) is 0. The molecule has 1 heterocycles. The SMILES string of the molecule is COc1ccc([C@@H](CNC(=O)c2ccc(C)c(S(=O)(=O)Nc3ccccc3OC)c2)N2CCOCC2)cc1. The minimum absolute atomic E-state index is 0.0240. The average molecular weight is 540 g/mol. The number of sulfonamides is 1. The number of nitrogens with zero attached hydrogens (tertiary/aromatic N) is 1. The van der Waals surface area contributed by atoms with Crippen LogP contribution in [-0.2, 0) is 14.8 Å². The van der Waals surface area contributed by atoms with Crippen LogP contribution in [0.25, 0.3) is 0 Å². The lowest BCUT2D eigenvalue weighted by Gasteiger charge is -2.35. The van der Waals surface area contributed by atoms with E-state index in [2.05, 4.69) is 14.9 Å². The van der Waals surface area contributed by atoms with Crippen LogP contribution in [0.15, 0.2) is 71.6 Å². The lowest BCUT2D eigenvalue weighted by atomic mass is 10.0. The van der Waals surface area contributed by atoms with Gasteiger partial charge in [0.2, 0.25) is 0 Å². The van der Waals surface area contributed by atoms with Crippen molar-refractivity contribution in [1.29, 1.82) is 0 Å². The molecular formula is C28H33N3O6S. The molecule has 202 valence electrons. The summed E-state index contributed by atoms with van der Waals surface area (Å²) in [6.45, 7) is 4.78. The Morgan fingerprint density at radius 1 is 1.00 bits per heavy atom. The summed E-state index contributed by atoms with van der Waals surface area (Å²) < 4.78 is 45.1. The van der Waals surface area contributed by atoms with E-state index < -0.39 is 10.0 Å². The maximum absolute atomic E-state index is 13.2. The van der Waals surface area contributed by atoms with Gasteiger partial charge in [-0.3, -0.25) is 14.4 Å². The third-order valence-electron chi connectivity index (χ3n) is 6.53. The van der Waals surface area contributed by atoms with E-state index in [0.717, 1.165) is 24.4 Å². The lowest BCUT2D eigenvalue weighted by molar-refractivity contribution is 0.0162. The number of carbonyl (C=O) groups excluding carboxylic acids is 1. The Morgan fingerprint density at radius 3 is 2.39 bits per heavy atom. The first-order valence-electron chi connectivity index (χ1n) is 12.3. The monoisotopic (exact) mass is 539 g/mol. The fourth-order valence-corrected chi connectivity index (χ4v) is 5.77. The second kappa shape index (κ2) is 12.3. The number of benzene rings is 3. The van der Waals surface area contributed by atoms with Crippen molar-refractivity contribution in [2.45, 2.75) is 17.9 Å². The molecule has 0 saturated carbocycles. The minimum Gasteiger partial charge on any atom is -0.497 e. The van der Waals surface area contributed by atoms with Gasteiger partial charge in [-0.15, -0.1) is 0 Å². The molecule has 0 aromatic heterocycles. The van der Waals surface area contributed by atoms with Crippen molar-refractivity contribution in [2.75, 3.05) is 51.8 Å². The van der Waals surface area contributed by atoms with E-state index in [1.807, 2.05) is 24.3 Å². The topological polar surface area (TPSA) is 106 Å². The molecule has 0 bridgehead atoms. The second-order valence-electron chi connectivity index (χ2n) is 8.93. The summed E-state index contributed by atoms with van der Waals surface area (Å²) in [6, 6.07) is 19.1. The zero-order chi connectivity index (χ0) is 27.1. The van der Waals surface area contributed by atoms with Gasteiger partial charge in [-0.05, 0) is 54.4 Å². The normalized spacial score (nSPS) is 14.9. The summed E-state index contributed by atoms with van der Waals surface area (Å²) in [4.78, 5) is 15.5. The van der Waals surface area contributed by atoms with Crippen molar-refractivity contribution < 1.29 is 27.4 Å². The van der Waals surface area contributed by atoms with Crippen LogP contribution in [0, 0.1) is 6.92 Å². The predicted molar refractivity (Wildman–Crippen MR) is 145 cm³/mol. The maximum atomic E-state index is 13.2. The van der Waals surface area contributed by atoms with Crippen molar-refractivity contribution in [3.05, 3.63) is 83.4 Å². The van der Waals surface area contributed by atoms with Crippen molar-refractivity contribution in [3.8, 4) is 11.5 Å². The molecule has 3 aromatic carbocycles. The average Bonchev–Trinajstić information content (AvgIpc) is 2.94. The fourth-order valence-electron chi connectivity index (χ4n) is 4.42. The van der Waals surface area contributed by atoms with E-state index in [4.69, 9.17) is 14.2 Å². The first-order chi connectivity index (χ1) is 18.3. The van der Waals surface area contributed by atoms with Gasteiger partial charge in [0.15, 0.2) is 0 Å². The van der Waals surface area contributed by atoms with Gasteiger partial charge in [-0.25, -0.2) is 8.42 Å². The van der Waals surface area contributed by atoms with E-state index in [1.54, 1.807) is 50.4 Å². The summed E-state index contributed by atoms with van der Waals surface area (Å²) in [5.74, 6) is 0.800. The number of methoxy groups -OCH3 is 2. The van der Waals surface area contributed by atoms with Gasteiger partial charge >= 0.3 is 0 Å². The van der Waals surface area contributed by atoms with Crippen LogP contribution in [0.3, 0.4) is 0 Å². The summed E-state index contributed by atoms with van der Waals surface area (Å²) in [7, 11) is -0.881. The van der Waals surface area contributed by atoms with Gasteiger partial charge in [0.05, 0.1) is 44.1 Å². The standard InChI is InChI=1S/C28H33N3O6S/c1-20-8-9-22(18-27(20)38(33,34)30-24-6-4-5-7-26(24)36-3)28(32)29-19-25(31-14-16-37-17-15-31)21-10-12-23(35-2)13-11-21/h4-13,18,25,30H,14-17,19H2,1-3H3,(H,29,32)/t25-/m1/s1. The highest BCUT2D eigenvalue weighted by atomic mass is 32.2. The van der Waals surface area contributed by atoms with Crippen LogP contribution in [-0.4, -0.2) is 66.3 Å². The molecule has 0 unspecified atom stereocenters. The Labute approximate surface area is 223 Å². The highest BCUT2D eigenvalue weighted by Gasteiger charge is 2.25. The number of ether oxygens (including phenoxy) is 3. The molecule has 3 aromatic rings. The molecule has 4 rings (SSSR count). The van der Waals surface area contributed by atoms with E-state index >= 15 is 0 Å². The summed E-state index contributed by atoms with van der Waals surface area (Å²) in [5.41, 5.74) is 2.14. The van der Waals surface area contributed by atoms with Crippen molar-refractivity contribution in [1.82, 2.24) is 10.2 Å². The Hall–Kier alpha value is -3.60. The molecule has 38 heavy (non-hydrogen) atoms. The van der Waals surface area contributed by atoms with Gasteiger partial charge in [-0.1, -0.05) is 30.3 Å². The number of hydrogen-bond acceptors (Lipinski definition) is 7. The predicted octanol–water partition coefficient (Wildman–Crippen LogP) is 3.62. The molecule has 1 aliphatic rings. The summed E-state index contributed by atoms with van der Waals surface area (Å²) in [5, 5.41) is 3.00. The lowest BCUT2D eigenvalue weighted by Crippen LogP contribution is -2.43. The Balaban J connectivity index is 1.53. The quantitative estimate of drug-likeness (QED) is 0.405. The van der Waals surface area contributed by atoms with E-state index in [-0.39, 0.29) is 22.4 Å². The minimum atomic E-state index is -3.97. The van der Waals surface area contributed by atoms with Crippen LogP contribution in [0.1, 0.15) is 27.5 Å².